The summed E-state index contributed by atoms with van der Waals surface area (Å²) in [4.78, 5) is 27.3. The van der Waals surface area contributed by atoms with Crippen LogP contribution in [0.5, 0.6) is 0 Å². The highest BCUT2D eigenvalue weighted by atomic mass is 32.2. The third kappa shape index (κ3) is 5.14. The van der Waals surface area contributed by atoms with Crippen LogP contribution in [0, 0.1) is 0 Å². The molecule has 0 saturated carbocycles. The molecule has 0 aliphatic rings. The van der Waals surface area contributed by atoms with E-state index in [2.05, 4.69) is 4.72 Å². The van der Waals surface area contributed by atoms with Gasteiger partial charge in [0.2, 0.25) is 10.0 Å². The van der Waals surface area contributed by atoms with Crippen LogP contribution in [-0.4, -0.2) is 35.5 Å². The van der Waals surface area contributed by atoms with Gasteiger partial charge in [-0.05, 0) is 45.0 Å². The molecule has 0 spiro atoms. The Morgan fingerprint density at radius 2 is 1.72 bits per heavy atom. The fourth-order valence-corrected chi connectivity index (χ4v) is 4.26. The molecule has 0 fully saturated rings. The van der Waals surface area contributed by atoms with Gasteiger partial charge in [0, 0.05) is 16.3 Å². The second-order valence-corrected chi connectivity index (χ2v) is 10.7. The fraction of sp³-hybridized carbons (Fsp3) is 0.368. The van der Waals surface area contributed by atoms with Crippen molar-refractivity contribution < 1.29 is 17.9 Å². The molecule has 10 heteroatoms. The first-order chi connectivity index (χ1) is 13.4. The summed E-state index contributed by atoms with van der Waals surface area (Å²) >= 11 is 1.40. The molecule has 3 rings (SSSR count). The normalized spacial score (nSPS) is 12.4. The Morgan fingerprint density at radius 3 is 2.34 bits per heavy atom. The molecule has 0 saturated heterocycles. The summed E-state index contributed by atoms with van der Waals surface area (Å²) in [6, 6.07) is 10.7. The summed E-state index contributed by atoms with van der Waals surface area (Å²) in [5, 5.41) is 0. The molecule has 3 aromatic rings. The lowest BCUT2D eigenvalue weighted by atomic mass is 10.2. The van der Waals surface area contributed by atoms with Crippen LogP contribution in [0.1, 0.15) is 30.5 Å². The van der Waals surface area contributed by atoms with Crippen molar-refractivity contribution in [3.8, 4) is 0 Å². The monoisotopic (exact) mass is 437 g/mol. The molecule has 2 aromatic heterocycles. The minimum absolute atomic E-state index is 0.193. The van der Waals surface area contributed by atoms with Crippen LogP contribution in [0.2, 0.25) is 0 Å². The molecule has 0 radical (unpaired) electrons. The number of thiophene rings is 1. The number of para-hydroxylation sites is 2. The van der Waals surface area contributed by atoms with Crippen molar-refractivity contribution in [2.24, 2.45) is 0 Å². The Bertz CT molecular complexity index is 1210. The van der Waals surface area contributed by atoms with Crippen LogP contribution < -0.4 is 10.4 Å². The van der Waals surface area contributed by atoms with E-state index >= 15 is 0 Å². The van der Waals surface area contributed by atoms with Gasteiger partial charge in [-0.3, -0.25) is 4.57 Å². The highest BCUT2D eigenvalue weighted by Crippen LogP contribution is 2.21. The number of aromatic nitrogens is 2. The van der Waals surface area contributed by atoms with Crippen LogP contribution in [0.3, 0.4) is 0 Å². The molecule has 0 aliphatic heterocycles. The average molecular weight is 438 g/mol. The van der Waals surface area contributed by atoms with Gasteiger partial charge in [-0.25, -0.2) is 22.7 Å². The first-order valence-corrected chi connectivity index (χ1v) is 11.6. The SMILES string of the molecule is CC(C)(C)OC(=O)n1c(=O)n(Cc2ccc(CNS(C)(=O)=O)s2)c2ccccc21. The molecule has 8 nitrogen and oxygen atoms in total. The highest BCUT2D eigenvalue weighted by molar-refractivity contribution is 7.88. The zero-order valence-corrected chi connectivity index (χ0v) is 18.3. The Morgan fingerprint density at radius 1 is 1.10 bits per heavy atom. The van der Waals surface area contributed by atoms with Crippen molar-refractivity contribution in [1.82, 2.24) is 13.9 Å². The van der Waals surface area contributed by atoms with Gasteiger partial charge >= 0.3 is 11.8 Å². The Balaban J connectivity index is 1.95. The van der Waals surface area contributed by atoms with Crippen LogP contribution in [0.25, 0.3) is 11.0 Å². The molecule has 0 aliphatic carbocycles. The summed E-state index contributed by atoms with van der Waals surface area (Å²) < 4.78 is 32.9. The number of sulfonamides is 1. The second kappa shape index (κ2) is 7.77. The van der Waals surface area contributed by atoms with E-state index < -0.39 is 27.4 Å². The van der Waals surface area contributed by atoms with E-state index in [0.717, 1.165) is 20.6 Å². The summed E-state index contributed by atoms with van der Waals surface area (Å²) in [6.07, 6.45) is 0.383. The quantitative estimate of drug-likeness (QED) is 0.662. The Kier molecular flexibility index (Phi) is 5.70. The topological polar surface area (TPSA) is 99.4 Å². The fourth-order valence-electron chi connectivity index (χ4n) is 2.81. The molecule has 0 atom stereocenters. The number of rotatable bonds is 5. The number of ether oxygens (including phenoxy) is 1. The molecular weight excluding hydrogens is 414 g/mol. The minimum atomic E-state index is -3.28. The van der Waals surface area contributed by atoms with Crippen LogP contribution in [0.15, 0.2) is 41.2 Å². The molecular formula is C19H23N3O5S2. The molecule has 2 heterocycles. The standard InChI is InChI=1S/C19H23N3O5S2/c1-19(2,3)27-18(24)22-16-8-6-5-7-15(16)21(17(22)23)12-14-10-9-13(28-14)11-20-29(4,25)26/h5-10,20H,11-12H2,1-4H3. The van der Waals surface area contributed by atoms with E-state index in [1.165, 1.54) is 15.9 Å². The molecule has 0 unspecified atom stereocenters. The van der Waals surface area contributed by atoms with Crippen molar-refractivity contribution in [3.63, 3.8) is 0 Å². The molecule has 1 N–H and O–H groups in total. The van der Waals surface area contributed by atoms with Gasteiger partial charge in [0.1, 0.15) is 5.60 Å². The van der Waals surface area contributed by atoms with Gasteiger partial charge in [0.25, 0.3) is 0 Å². The Labute approximate surface area is 172 Å². The third-order valence-corrected chi connectivity index (χ3v) is 5.69. The highest BCUT2D eigenvalue weighted by Gasteiger charge is 2.24. The van der Waals surface area contributed by atoms with Gasteiger partial charge in [0.15, 0.2) is 0 Å². The van der Waals surface area contributed by atoms with Crippen LogP contribution in [-0.2, 0) is 27.8 Å². The number of fused-ring (bicyclic) bond motifs is 1. The zero-order chi connectivity index (χ0) is 21.4. The number of nitrogens with one attached hydrogen (secondary N) is 1. The number of nitrogens with zero attached hydrogens (tertiary/aromatic N) is 2. The van der Waals surface area contributed by atoms with Crippen LogP contribution >= 0.6 is 11.3 Å². The number of carbonyl (C=O) groups is 1. The lowest BCUT2D eigenvalue weighted by molar-refractivity contribution is 0.0537. The molecule has 1 aromatic carbocycles. The van der Waals surface area contributed by atoms with E-state index in [9.17, 15) is 18.0 Å². The maximum atomic E-state index is 13.0. The van der Waals surface area contributed by atoms with Crippen molar-refractivity contribution in [1.29, 1.82) is 0 Å². The van der Waals surface area contributed by atoms with E-state index in [-0.39, 0.29) is 13.1 Å². The van der Waals surface area contributed by atoms with Crippen molar-refractivity contribution in [3.05, 3.63) is 56.6 Å². The van der Waals surface area contributed by atoms with E-state index in [4.69, 9.17) is 4.74 Å². The third-order valence-electron chi connectivity index (χ3n) is 3.95. The van der Waals surface area contributed by atoms with Gasteiger partial charge in [-0.1, -0.05) is 12.1 Å². The van der Waals surface area contributed by atoms with Gasteiger partial charge in [-0.2, -0.15) is 4.57 Å². The smallest absolute Gasteiger partial charge is 0.423 e. The number of carbonyl (C=O) groups excluding carboxylic acids is 1. The molecule has 0 amide bonds. The first-order valence-electron chi connectivity index (χ1n) is 8.90. The first kappa shape index (κ1) is 21.3. The second-order valence-electron chi connectivity index (χ2n) is 7.63. The lowest BCUT2D eigenvalue weighted by Crippen LogP contribution is -2.34. The summed E-state index contributed by atoms with van der Waals surface area (Å²) in [5.74, 6) is 0. The molecule has 0 bridgehead atoms. The lowest BCUT2D eigenvalue weighted by Gasteiger charge is -2.19. The summed E-state index contributed by atoms with van der Waals surface area (Å²) in [6.45, 7) is 5.68. The van der Waals surface area contributed by atoms with Gasteiger partial charge in [0.05, 0.1) is 23.8 Å². The largest absolute Gasteiger partial charge is 0.443 e. The van der Waals surface area contributed by atoms with Crippen molar-refractivity contribution in [2.75, 3.05) is 6.26 Å². The summed E-state index contributed by atoms with van der Waals surface area (Å²) in [7, 11) is -3.28. The predicted octanol–water partition coefficient (Wildman–Crippen LogP) is 2.75. The summed E-state index contributed by atoms with van der Waals surface area (Å²) in [5.41, 5.74) is -0.117. The Hall–Kier alpha value is -2.43. The number of benzene rings is 1. The average Bonchev–Trinajstić information content (AvgIpc) is 3.14. The van der Waals surface area contributed by atoms with Crippen LogP contribution in [0.4, 0.5) is 4.79 Å². The number of imidazole rings is 1. The van der Waals surface area contributed by atoms with Crippen molar-refractivity contribution >= 4 is 38.5 Å². The number of hydrogen-bond acceptors (Lipinski definition) is 6. The van der Waals surface area contributed by atoms with E-state index in [1.54, 1.807) is 45.0 Å². The zero-order valence-electron chi connectivity index (χ0n) is 16.6. The minimum Gasteiger partial charge on any atom is -0.443 e. The number of hydrogen-bond donors (Lipinski definition) is 1. The van der Waals surface area contributed by atoms with E-state index in [1.807, 2.05) is 12.1 Å². The molecule has 29 heavy (non-hydrogen) atoms. The van der Waals surface area contributed by atoms with Gasteiger partial charge in [-0.15, -0.1) is 11.3 Å². The maximum absolute atomic E-state index is 13.0. The van der Waals surface area contributed by atoms with Gasteiger partial charge < -0.3 is 4.74 Å². The predicted molar refractivity (Wildman–Crippen MR) is 113 cm³/mol. The maximum Gasteiger partial charge on any atom is 0.423 e. The van der Waals surface area contributed by atoms with E-state index in [0.29, 0.717) is 11.0 Å². The molecule has 156 valence electrons. The van der Waals surface area contributed by atoms with Crippen molar-refractivity contribution in [2.45, 2.75) is 39.5 Å².